The monoisotopic (exact) mass is 249 g/mol. The average Bonchev–Trinajstić information content (AvgIpc) is 2.62. The molecule has 90 valence electrons. The molecule has 1 N–H and O–H groups in total. The summed E-state index contributed by atoms with van der Waals surface area (Å²) in [7, 11) is 0. The molecule has 1 aromatic carbocycles. The van der Waals surface area contributed by atoms with Crippen molar-refractivity contribution in [2.75, 3.05) is 12.4 Å². The maximum atomic E-state index is 12.0. The van der Waals surface area contributed by atoms with Gasteiger partial charge in [0, 0.05) is 16.2 Å². The summed E-state index contributed by atoms with van der Waals surface area (Å²) in [5.41, 5.74) is 1.83. The third-order valence-electron chi connectivity index (χ3n) is 2.94. The summed E-state index contributed by atoms with van der Waals surface area (Å²) in [6, 6.07) is 6.40. The predicted octanol–water partition coefficient (Wildman–Crippen LogP) is 2.83. The third kappa shape index (κ3) is 2.64. The largest absolute Gasteiger partial charge is 0.508 e. The van der Waals surface area contributed by atoms with Crippen LogP contribution in [0.5, 0.6) is 5.75 Å². The third-order valence-corrected chi connectivity index (χ3v) is 4.11. The minimum absolute atomic E-state index is 0.0830. The number of phenols is 1. The van der Waals surface area contributed by atoms with Crippen LogP contribution in [0.3, 0.4) is 0 Å². The normalized spacial score (nSPS) is 15.5. The van der Waals surface area contributed by atoms with Gasteiger partial charge in [-0.2, -0.15) is 0 Å². The highest BCUT2D eigenvalue weighted by Gasteiger charge is 2.19. The lowest BCUT2D eigenvalue weighted by molar-refractivity contribution is 0.0958. The van der Waals surface area contributed by atoms with Gasteiger partial charge in [0.1, 0.15) is 5.75 Å². The summed E-state index contributed by atoms with van der Waals surface area (Å²) in [6.45, 7) is 4.52. The number of carbonyl (C=O) groups is 1. The van der Waals surface area contributed by atoms with Crippen molar-refractivity contribution in [3.8, 4) is 5.75 Å². The second-order valence-electron chi connectivity index (χ2n) is 4.08. The number of Topliss-reactive ketones (excluding diaryl/α,β-unsaturated/α-hetero) is 1. The number of nitrogens with zero attached hydrogens (tertiary/aromatic N) is 1. The molecule has 0 saturated heterocycles. The predicted molar refractivity (Wildman–Crippen MR) is 70.0 cm³/mol. The van der Waals surface area contributed by atoms with Crippen LogP contribution >= 0.6 is 11.8 Å². The quantitative estimate of drug-likeness (QED) is 0.836. The molecule has 0 aromatic heterocycles. The molecule has 1 aromatic rings. The number of carbonyl (C=O) groups excluding carboxylic acids is 1. The highest BCUT2D eigenvalue weighted by Crippen LogP contribution is 2.30. The number of benzene rings is 1. The summed E-state index contributed by atoms with van der Waals surface area (Å²) >= 11 is 1.77. The molecule has 2 rings (SSSR count). The second kappa shape index (κ2) is 4.84. The van der Waals surface area contributed by atoms with Gasteiger partial charge < -0.3 is 10.0 Å². The molecule has 0 amide bonds. The van der Waals surface area contributed by atoms with E-state index >= 15 is 0 Å². The maximum absolute atomic E-state index is 12.0. The maximum Gasteiger partial charge on any atom is 0.182 e. The van der Waals surface area contributed by atoms with Gasteiger partial charge in [-0.3, -0.25) is 4.79 Å². The SMILES string of the molecule is CC1=C(C)N(CC(=O)c2ccc(O)cc2)CS1. The van der Waals surface area contributed by atoms with Crippen LogP contribution in [0.1, 0.15) is 24.2 Å². The fourth-order valence-corrected chi connectivity index (χ4v) is 2.65. The van der Waals surface area contributed by atoms with Gasteiger partial charge in [0.25, 0.3) is 0 Å². The van der Waals surface area contributed by atoms with E-state index in [0.717, 1.165) is 5.88 Å². The molecule has 0 radical (unpaired) electrons. The van der Waals surface area contributed by atoms with Gasteiger partial charge in [-0.05, 0) is 38.1 Å². The Balaban J connectivity index is 2.05. The molecule has 1 aliphatic heterocycles. The van der Waals surface area contributed by atoms with Crippen molar-refractivity contribution < 1.29 is 9.90 Å². The number of allylic oxidation sites excluding steroid dienone is 2. The van der Waals surface area contributed by atoms with Crippen molar-refractivity contribution in [3.05, 3.63) is 40.4 Å². The van der Waals surface area contributed by atoms with E-state index < -0.39 is 0 Å². The van der Waals surface area contributed by atoms with Crippen molar-refractivity contribution in [2.24, 2.45) is 0 Å². The Morgan fingerprint density at radius 1 is 1.35 bits per heavy atom. The van der Waals surface area contributed by atoms with Crippen LogP contribution in [0.15, 0.2) is 34.9 Å². The lowest BCUT2D eigenvalue weighted by atomic mass is 10.1. The van der Waals surface area contributed by atoms with Gasteiger partial charge in [0.15, 0.2) is 5.78 Å². The zero-order valence-corrected chi connectivity index (χ0v) is 10.8. The number of hydrogen-bond acceptors (Lipinski definition) is 4. The van der Waals surface area contributed by atoms with E-state index in [1.807, 2.05) is 6.92 Å². The molecular weight excluding hydrogens is 234 g/mol. The van der Waals surface area contributed by atoms with E-state index in [2.05, 4.69) is 11.8 Å². The van der Waals surface area contributed by atoms with E-state index in [9.17, 15) is 4.79 Å². The van der Waals surface area contributed by atoms with Crippen LogP contribution in [0.2, 0.25) is 0 Å². The first-order valence-corrected chi connectivity index (χ1v) is 6.44. The molecular formula is C13H15NO2S. The average molecular weight is 249 g/mol. The fourth-order valence-electron chi connectivity index (χ4n) is 1.67. The molecule has 0 unspecified atom stereocenters. The van der Waals surface area contributed by atoms with Gasteiger partial charge in [0.2, 0.25) is 0 Å². The molecule has 3 nitrogen and oxygen atoms in total. The smallest absolute Gasteiger partial charge is 0.182 e. The topological polar surface area (TPSA) is 40.5 Å². The molecule has 1 aliphatic rings. The summed E-state index contributed by atoms with van der Waals surface area (Å²) in [5, 5.41) is 9.17. The standard InChI is InChI=1S/C13H15NO2S/c1-9-10(2)17-8-14(9)7-13(16)11-3-5-12(15)6-4-11/h3-6,15H,7-8H2,1-2H3. The Kier molecular flexibility index (Phi) is 3.43. The molecule has 1 heterocycles. The van der Waals surface area contributed by atoms with Crippen molar-refractivity contribution in [1.82, 2.24) is 4.90 Å². The highest BCUT2D eigenvalue weighted by atomic mass is 32.2. The van der Waals surface area contributed by atoms with Gasteiger partial charge in [-0.15, -0.1) is 11.8 Å². The Morgan fingerprint density at radius 2 is 2.00 bits per heavy atom. The van der Waals surface area contributed by atoms with E-state index in [0.29, 0.717) is 12.1 Å². The van der Waals surface area contributed by atoms with Crippen LogP contribution in [-0.4, -0.2) is 28.2 Å². The molecule has 0 spiro atoms. The highest BCUT2D eigenvalue weighted by molar-refractivity contribution is 8.03. The second-order valence-corrected chi connectivity index (χ2v) is 5.24. The molecule has 0 atom stereocenters. The number of thioether (sulfide) groups is 1. The molecule has 0 saturated carbocycles. The lowest BCUT2D eigenvalue weighted by Gasteiger charge is -2.18. The van der Waals surface area contributed by atoms with Gasteiger partial charge in [-0.1, -0.05) is 0 Å². The minimum atomic E-state index is 0.0830. The number of phenolic OH excluding ortho intramolecular Hbond substituents is 1. The summed E-state index contributed by atoms with van der Waals surface area (Å²) in [4.78, 5) is 15.4. The Hall–Kier alpha value is -1.42. The van der Waals surface area contributed by atoms with Gasteiger partial charge in [0.05, 0.1) is 12.4 Å². The molecule has 4 heteroatoms. The Morgan fingerprint density at radius 3 is 2.53 bits per heavy atom. The van der Waals surface area contributed by atoms with Crippen molar-refractivity contribution in [3.63, 3.8) is 0 Å². The molecule has 0 fully saturated rings. The minimum Gasteiger partial charge on any atom is -0.508 e. The first-order chi connectivity index (χ1) is 8.08. The molecule has 0 bridgehead atoms. The number of aromatic hydroxyl groups is 1. The van der Waals surface area contributed by atoms with Crippen molar-refractivity contribution in [2.45, 2.75) is 13.8 Å². The van der Waals surface area contributed by atoms with Crippen LogP contribution in [0, 0.1) is 0 Å². The summed E-state index contributed by atoms with van der Waals surface area (Å²) in [5.74, 6) is 1.12. The van der Waals surface area contributed by atoms with Crippen LogP contribution in [-0.2, 0) is 0 Å². The lowest BCUT2D eigenvalue weighted by Crippen LogP contribution is -2.25. The van der Waals surface area contributed by atoms with Crippen LogP contribution < -0.4 is 0 Å². The van der Waals surface area contributed by atoms with Gasteiger partial charge in [-0.25, -0.2) is 0 Å². The van der Waals surface area contributed by atoms with Crippen molar-refractivity contribution in [1.29, 1.82) is 0 Å². The summed E-state index contributed by atoms with van der Waals surface area (Å²) in [6.07, 6.45) is 0. The fraction of sp³-hybridized carbons (Fsp3) is 0.308. The number of rotatable bonds is 3. The summed E-state index contributed by atoms with van der Waals surface area (Å²) < 4.78 is 0. The van der Waals surface area contributed by atoms with E-state index in [-0.39, 0.29) is 11.5 Å². The number of hydrogen-bond donors (Lipinski definition) is 1. The van der Waals surface area contributed by atoms with Crippen LogP contribution in [0.25, 0.3) is 0 Å². The van der Waals surface area contributed by atoms with E-state index in [4.69, 9.17) is 5.11 Å². The van der Waals surface area contributed by atoms with E-state index in [1.165, 1.54) is 10.6 Å². The Bertz CT molecular complexity index is 465. The number of ketones is 1. The molecule has 0 aliphatic carbocycles. The first kappa shape index (κ1) is 12.0. The van der Waals surface area contributed by atoms with Crippen LogP contribution in [0.4, 0.5) is 0 Å². The van der Waals surface area contributed by atoms with Gasteiger partial charge >= 0.3 is 0 Å². The first-order valence-electron chi connectivity index (χ1n) is 5.45. The van der Waals surface area contributed by atoms with Crippen molar-refractivity contribution >= 4 is 17.5 Å². The zero-order valence-electron chi connectivity index (χ0n) is 9.93. The molecule has 17 heavy (non-hydrogen) atoms. The zero-order chi connectivity index (χ0) is 12.4. The van der Waals surface area contributed by atoms with E-state index in [1.54, 1.807) is 36.0 Å². The Labute approximate surface area is 105 Å².